The van der Waals surface area contributed by atoms with Crippen LogP contribution in [0.4, 0.5) is 4.39 Å². The smallest absolute Gasteiger partial charge is 0.442 e. The molecule has 0 bridgehead atoms. The second-order valence-electron chi connectivity index (χ2n) is 6.82. The van der Waals surface area contributed by atoms with Gasteiger partial charge in [0, 0.05) is 0 Å². The minimum absolute atomic E-state index is 0.00747. The van der Waals surface area contributed by atoms with Gasteiger partial charge in [-0.1, -0.05) is 11.2 Å². The van der Waals surface area contributed by atoms with Crippen LogP contribution in [0.5, 0.6) is 5.88 Å². The Labute approximate surface area is 161 Å². The van der Waals surface area contributed by atoms with Gasteiger partial charge in [-0.3, -0.25) is 9.32 Å². The molecule has 0 radical (unpaired) electrons. The average molecular weight is 403 g/mol. The van der Waals surface area contributed by atoms with E-state index in [1.165, 1.54) is 21.6 Å². The number of aliphatic hydroxyl groups is 1. The Bertz CT molecular complexity index is 1150. The molecule has 3 heterocycles. The zero-order chi connectivity index (χ0) is 20.1. The fourth-order valence-corrected chi connectivity index (χ4v) is 3.54. The molecule has 2 aliphatic rings. The van der Waals surface area contributed by atoms with E-state index in [1.54, 1.807) is 6.07 Å². The third-order valence-electron chi connectivity index (χ3n) is 5.11. The normalized spacial score (nSPS) is 18.1. The lowest BCUT2D eigenvalue weighted by atomic mass is 9.83. The number of hydrogen-bond acceptors (Lipinski definition) is 9. The number of carbonyl (C=O) groups excluding carboxylic acids is 1. The molecule has 3 aromatic rings. The topological polar surface area (TPSA) is 137 Å². The molecule has 5 rings (SSSR count). The molecule has 1 aliphatic carbocycles. The molecule has 0 spiro atoms. The highest BCUT2D eigenvalue weighted by Gasteiger charge is 2.37. The van der Waals surface area contributed by atoms with Gasteiger partial charge in [0.25, 0.3) is 5.88 Å². The number of aliphatic hydroxyl groups excluding tert-OH is 1. The third-order valence-corrected chi connectivity index (χ3v) is 5.11. The Hall–Kier alpha value is -3.54. The zero-order valence-corrected chi connectivity index (χ0v) is 14.8. The lowest BCUT2D eigenvalue weighted by Gasteiger charge is -2.37. The lowest BCUT2D eigenvalue weighted by Crippen LogP contribution is -2.57. The molecule has 0 saturated carbocycles. The Morgan fingerprint density at radius 1 is 1.31 bits per heavy atom. The van der Waals surface area contributed by atoms with E-state index in [0.717, 1.165) is 5.56 Å². The third kappa shape index (κ3) is 2.79. The second-order valence-corrected chi connectivity index (χ2v) is 6.82. The molecule has 1 amide bonds. The monoisotopic (exact) mass is 403 g/mol. The molecule has 1 saturated heterocycles. The molecular formula is C17H14FN5O6. The van der Waals surface area contributed by atoms with E-state index in [4.69, 9.17) is 19.0 Å². The van der Waals surface area contributed by atoms with Gasteiger partial charge in [-0.25, -0.2) is 18.4 Å². The molecule has 11 nitrogen and oxygen atoms in total. The van der Waals surface area contributed by atoms with Crippen molar-refractivity contribution in [1.29, 1.82) is 0 Å². The quantitative estimate of drug-likeness (QED) is 0.611. The van der Waals surface area contributed by atoms with Crippen molar-refractivity contribution in [3.8, 4) is 17.4 Å². The van der Waals surface area contributed by atoms with Crippen LogP contribution >= 0.6 is 0 Å². The van der Waals surface area contributed by atoms with Crippen molar-refractivity contribution in [3.05, 3.63) is 45.7 Å². The van der Waals surface area contributed by atoms with Crippen LogP contribution < -0.4 is 10.5 Å². The van der Waals surface area contributed by atoms with Crippen LogP contribution in [0.15, 0.2) is 32.1 Å². The highest BCUT2D eigenvalue weighted by Crippen LogP contribution is 2.38. The van der Waals surface area contributed by atoms with Crippen molar-refractivity contribution in [1.82, 2.24) is 24.9 Å². The van der Waals surface area contributed by atoms with Crippen molar-refractivity contribution in [2.24, 2.45) is 0 Å². The number of fused-ring (bicyclic) bond motifs is 1. The summed E-state index contributed by atoms with van der Waals surface area (Å²) in [5.74, 6) is -1.49. The van der Waals surface area contributed by atoms with Crippen molar-refractivity contribution in [2.75, 3.05) is 19.7 Å². The van der Waals surface area contributed by atoms with Gasteiger partial charge in [0.15, 0.2) is 0 Å². The summed E-state index contributed by atoms with van der Waals surface area (Å²) < 4.78 is 30.1. The fourth-order valence-electron chi connectivity index (χ4n) is 3.54. The molecule has 150 valence electrons. The molecule has 1 aliphatic heterocycles. The van der Waals surface area contributed by atoms with Gasteiger partial charge in [0.1, 0.15) is 18.5 Å². The first-order valence-corrected chi connectivity index (χ1v) is 8.80. The number of carbonyl (C=O) groups is 1. The van der Waals surface area contributed by atoms with E-state index in [-0.39, 0.29) is 36.6 Å². The first-order chi connectivity index (χ1) is 14.0. The van der Waals surface area contributed by atoms with Crippen LogP contribution in [0, 0.1) is 5.82 Å². The van der Waals surface area contributed by atoms with Gasteiger partial charge in [0.2, 0.25) is 17.4 Å². The SMILES string of the molecule is O=C(CO)N1CC(Oc2nonc2-c2noc(=O)n2C2Cc3ccc(F)cc32)C1. The number of halogens is 1. The minimum atomic E-state index is -0.725. The van der Waals surface area contributed by atoms with Crippen LogP contribution in [0.25, 0.3) is 11.5 Å². The molecule has 1 aromatic carbocycles. The Kier molecular flexibility index (Phi) is 3.94. The van der Waals surface area contributed by atoms with Gasteiger partial charge in [-0.2, -0.15) is 0 Å². The number of nitrogens with zero attached hydrogens (tertiary/aromatic N) is 5. The predicted octanol–water partition coefficient (Wildman–Crippen LogP) is -0.247. The maximum Gasteiger partial charge on any atom is 0.442 e. The van der Waals surface area contributed by atoms with Crippen molar-refractivity contribution in [2.45, 2.75) is 18.6 Å². The average Bonchev–Trinajstić information content (AvgIpc) is 3.26. The number of rotatable bonds is 5. The second kappa shape index (κ2) is 6.51. The number of benzene rings is 1. The van der Waals surface area contributed by atoms with Crippen molar-refractivity contribution < 1.29 is 28.2 Å². The highest BCUT2D eigenvalue weighted by atomic mass is 19.1. The van der Waals surface area contributed by atoms with Crippen molar-refractivity contribution >= 4 is 5.91 Å². The molecule has 29 heavy (non-hydrogen) atoms. The molecule has 2 aromatic heterocycles. The first-order valence-electron chi connectivity index (χ1n) is 8.80. The van der Waals surface area contributed by atoms with Crippen LogP contribution in [-0.2, 0) is 11.2 Å². The van der Waals surface area contributed by atoms with Gasteiger partial charge < -0.3 is 14.7 Å². The summed E-state index contributed by atoms with van der Waals surface area (Å²) in [7, 11) is 0. The largest absolute Gasteiger partial charge is 0.467 e. The predicted molar refractivity (Wildman–Crippen MR) is 90.4 cm³/mol. The van der Waals surface area contributed by atoms with E-state index in [2.05, 4.69) is 15.5 Å². The van der Waals surface area contributed by atoms with E-state index in [0.29, 0.717) is 12.0 Å². The summed E-state index contributed by atoms with van der Waals surface area (Å²) in [6.45, 7) is -0.0304. The summed E-state index contributed by atoms with van der Waals surface area (Å²) in [5.41, 5.74) is 1.65. The Balaban J connectivity index is 1.41. The summed E-state index contributed by atoms with van der Waals surface area (Å²) in [6, 6.07) is 3.94. The summed E-state index contributed by atoms with van der Waals surface area (Å²) >= 11 is 0. The summed E-state index contributed by atoms with van der Waals surface area (Å²) in [6.07, 6.45) is 0.133. The molecular weight excluding hydrogens is 389 g/mol. The summed E-state index contributed by atoms with van der Waals surface area (Å²) in [4.78, 5) is 25.1. The van der Waals surface area contributed by atoms with Crippen molar-refractivity contribution in [3.63, 3.8) is 0 Å². The number of aromatic nitrogens is 4. The standard InChI is InChI=1S/C17H14FN5O6/c18-9-2-1-8-3-12(11(8)4-9)23-15(20-28-17(23)26)14-16(21-29-19-14)27-10-5-22(6-10)13(25)7-24/h1-2,4,10,12,24H,3,5-7H2. The maximum atomic E-state index is 13.6. The van der Waals surface area contributed by atoms with Gasteiger partial charge >= 0.3 is 5.76 Å². The van der Waals surface area contributed by atoms with E-state index >= 15 is 0 Å². The molecule has 1 unspecified atom stereocenters. The lowest BCUT2D eigenvalue weighted by molar-refractivity contribution is -0.143. The number of amides is 1. The molecule has 1 atom stereocenters. The van der Waals surface area contributed by atoms with E-state index in [1.807, 2.05) is 0 Å². The fraction of sp³-hybridized carbons (Fsp3) is 0.353. The highest BCUT2D eigenvalue weighted by molar-refractivity contribution is 5.78. The number of ether oxygens (including phenoxy) is 1. The number of likely N-dealkylation sites (tertiary alicyclic amines) is 1. The van der Waals surface area contributed by atoms with Crippen LogP contribution in [-0.4, -0.2) is 61.8 Å². The maximum absolute atomic E-state index is 13.6. The zero-order valence-electron chi connectivity index (χ0n) is 14.8. The summed E-state index contributed by atoms with van der Waals surface area (Å²) in [5, 5.41) is 20.1. The van der Waals surface area contributed by atoms with E-state index in [9.17, 15) is 14.0 Å². The van der Waals surface area contributed by atoms with Gasteiger partial charge in [-0.15, -0.1) is 0 Å². The van der Waals surface area contributed by atoms with Gasteiger partial charge in [0.05, 0.1) is 19.1 Å². The number of hydrogen-bond donors (Lipinski definition) is 1. The Morgan fingerprint density at radius 3 is 2.93 bits per heavy atom. The first kappa shape index (κ1) is 17.6. The van der Waals surface area contributed by atoms with Crippen LogP contribution in [0.2, 0.25) is 0 Å². The molecule has 1 N–H and O–H groups in total. The Morgan fingerprint density at radius 2 is 2.14 bits per heavy atom. The molecule has 12 heteroatoms. The van der Waals surface area contributed by atoms with Crippen LogP contribution in [0.1, 0.15) is 17.2 Å². The molecule has 1 fully saturated rings. The van der Waals surface area contributed by atoms with Crippen LogP contribution in [0.3, 0.4) is 0 Å². The van der Waals surface area contributed by atoms with E-state index < -0.39 is 30.1 Å². The minimum Gasteiger partial charge on any atom is -0.467 e. The van der Waals surface area contributed by atoms with Gasteiger partial charge in [-0.05, 0) is 40.0 Å².